The zero-order valence-electron chi connectivity index (χ0n) is 61.3. The highest BCUT2D eigenvalue weighted by atomic mass is 17.1. The third-order valence-corrected chi connectivity index (χ3v) is 9.86. The lowest BCUT2D eigenvalue weighted by Crippen LogP contribution is -2.01. The van der Waals surface area contributed by atoms with E-state index in [0.717, 1.165) is 12.8 Å². The van der Waals surface area contributed by atoms with Crippen molar-refractivity contribution in [2.24, 2.45) is 0 Å². The average molecular weight is 1340 g/mol. The molecule has 0 radical (unpaired) electrons. The van der Waals surface area contributed by atoms with E-state index in [1.807, 2.05) is 137 Å². The molecule has 9 N–H and O–H groups in total. The quantitative estimate of drug-likeness (QED) is 0.0295. The normalized spacial score (nSPS) is 8.36. The van der Waals surface area contributed by atoms with Gasteiger partial charge in [0.2, 0.25) is 0 Å². The maximum Gasteiger partial charge on any atom is 0.303 e. The van der Waals surface area contributed by atoms with E-state index in [2.05, 4.69) is 23.6 Å². The van der Waals surface area contributed by atoms with E-state index in [4.69, 9.17) is 15.6 Å². The molecule has 0 aliphatic carbocycles. The molecule has 0 aromatic heterocycles. The summed E-state index contributed by atoms with van der Waals surface area (Å²) in [5, 5.41) is 80.0. The summed E-state index contributed by atoms with van der Waals surface area (Å²) in [6, 6.07) is 55.9. The molecular weight excluding hydrogens is 1220 g/mol. The fraction of sp³-hybridized carbons (Fsp3) is 0.338. The predicted octanol–water partition coefficient (Wildman–Crippen LogP) is 21.8. The van der Waals surface area contributed by atoms with E-state index < -0.39 is 17.5 Å². The minimum atomic E-state index is -0.745. The summed E-state index contributed by atoms with van der Waals surface area (Å²) in [4.78, 5) is 64.5. The minimum absolute atomic E-state index is 0.0198. The summed E-state index contributed by atoms with van der Waals surface area (Å²) in [5.41, 5.74) is 2.58. The van der Waals surface area contributed by atoms with Gasteiger partial charge in [-0.2, -0.15) is 0 Å². The van der Waals surface area contributed by atoms with Crippen LogP contribution in [0.5, 0.6) is 34.5 Å². The Hall–Kier alpha value is -9.45. The van der Waals surface area contributed by atoms with Gasteiger partial charge in [-0.25, -0.2) is 9.78 Å². The van der Waals surface area contributed by atoms with E-state index in [1.165, 1.54) is 67.1 Å². The number of phenolic OH excluding ortho intramolecular Hbond substituents is 6. The average Bonchev–Trinajstić information content (AvgIpc) is 0.888. The molecule has 0 fully saturated rings. The number of benzene rings is 8. The van der Waals surface area contributed by atoms with Crippen LogP contribution in [0.1, 0.15) is 235 Å². The van der Waals surface area contributed by atoms with Crippen molar-refractivity contribution in [3.8, 4) is 34.5 Å². The van der Waals surface area contributed by atoms with Crippen LogP contribution in [-0.2, 0) is 14.6 Å². The summed E-state index contributed by atoms with van der Waals surface area (Å²) in [7, 11) is 0. The number of rotatable bonds is 13. The number of hydrogen-bond acceptors (Lipinski definition) is 15. The molecule has 0 saturated carbocycles. The molecule has 0 aliphatic heterocycles. The van der Waals surface area contributed by atoms with Crippen molar-refractivity contribution in [3.63, 3.8) is 0 Å². The summed E-state index contributed by atoms with van der Waals surface area (Å²) in [5.74, 6) is -2.16. The van der Waals surface area contributed by atoms with Gasteiger partial charge in [0.1, 0.15) is 34.5 Å². The summed E-state index contributed by atoms with van der Waals surface area (Å²) >= 11 is 0. The lowest BCUT2D eigenvalue weighted by Gasteiger charge is -2.04. The molecule has 0 aliphatic rings. The molecule has 0 amide bonds. The van der Waals surface area contributed by atoms with E-state index in [0.29, 0.717) is 35.5 Å². The van der Waals surface area contributed by atoms with Gasteiger partial charge in [-0.1, -0.05) is 285 Å². The highest BCUT2D eigenvalue weighted by molar-refractivity contribution is 6.13. The molecule has 96 heavy (non-hydrogen) atoms. The Morgan fingerprint density at radius 3 is 0.542 bits per heavy atom. The Kier molecular flexibility index (Phi) is 81.6. The minimum Gasteiger partial charge on any atom is -0.507 e. The maximum absolute atomic E-state index is 12.0. The largest absolute Gasteiger partial charge is 0.507 e. The number of para-hydroxylation sites is 6. The van der Waals surface area contributed by atoms with Gasteiger partial charge in [0, 0.05) is 17.5 Å². The van der Waals surface area contributed by atoms with E-state index in [9.17, 15) is 54.6 Å². The van der Waals surface area contributed by atoms with Gasteiger partial charge in [-0.05, 0) is 85.6 Å². The lowest BCUT2D eigenvalue weighted by atomic mass is 10.0. The molecule has 534 valence electrons. The first-order chi connectivity index (χ1) is 46.5. The molecule has 0 bridgehead atoms. The van der Waals surface area contributed by atoms with Gasteiger partial charge in [-0.3, -0.25) is 34.5 Å². The van der Waals surface area contributed by atoms with Crippen LogP contribution >= 0.6 is 0 Å². The molecule has 16 nitrogen and oxygen atoms in total. The summed E-state index contributed by atoms with van der Waals surface area (Å²) < 4.78 is 0. The molecule has 0 saturated heterocycles. The number of aromatic hydroxyl groups is 6. The van der Waals surface area contributed by atoms with Crippen LogP contribution in [0.2, 0.25) is 0 Å². The molecule has 0 heterocycles. The highest BCUT2D eigenvalue weighted by Gasteiger charge is 2.17. The van der Waals surface area contributed by atoms with Crippen molar-refractivity contribution in [2.45, 2.75) is 171 Å². The smallest absolute Gasteiger partial charge is 0.303 e. The zero-order chi connectivity index (χ0) is 75.7. The second kappa shape index (κ2) is 76.3. The molecule has 0 atom stereocenters. The van der Waals surface area contributed by atoms with Crippen molar-refractivity contribution in [1.29, 1.82) is 0 Å². The Morgan fingerprint density at radius 2 is 0.417 bits per heavy atom. The Labute approximate surface area is 576 Å². The van der Waals surface area contributed by atoms with Crippen molar-refractivity contribution in [1.82, 2.24) is 0 Å². The monoisotopic (exact) mass is 1330 g/mol. The van der Waals surface area contributed by atoms with Crippen LogP contribution in [0.3, 0.4) is 0 Å². The summed E-state index contributed by atoms with van der Waals surface area (Å²) in [6.45, 7) is 42.6. The van der Waals surface area contributed by atoms with Gasteiger partial charge in [-0.15, -0.1) is 0 Å². The van der Waals surface area contributed by atoms with Crippen LogP contribution < -0.4 is 0 Å². The fourth-order valence-electron chi connectivity index (χ4n) is 5.96. The first-order valence-electron chi connectivity index (χ1n) is 33.2. The van der Waals surface area contributed by atoms with Crippen LogP contribution in [0.25, 0.3) is 0 Å². The van der Waals surface area contributed by atoms with E-state index >= 15 is 0 Å². The van der Waals surface area contributed by atoms with Gasteiger partial charge in [0.15, 0.2) is 23.1 Å². The number of carboxylic acid groups (broad SMARTS) is 1. The lowest BCUT2D eigenvalue weighted by molar-refractivity contribution is -0.241. The maximum atomic E-state index is 12.0. The van der Waals surface area contributed by atoms with Gasteiger partial charge in [0.05, 0.1) is 46.6 Å². The van der Waals surface area contributed by atoms with Crippen LogP contribution in [0.4, 0.5) is 0 Å². The standard InChI is InChI=1S/2C13H10O3.2C13H10O2.2C3H8O2.C3H6O2.C3H8.8C2H6/c2*14-11-7-3-1-5-9(11)13(16)10-6-2-4-8-12(10)15;2*14-12-9-5-4-8-11(12)13(15)10-6-2-1-3-7-10;2*1-2-3-5-4;1-2-3(4)5;1-3-2;8*1-2/h2*1-8,14-15H;2*1-9,14H;2*4H,2-3H2,1H3;2H2,1H3,(H,4,5);3H2,1-2H3;8*1-2H3. The van der Waals surface area contributed by atoms with E-state index in [-0.39, 0.29) is 74.7 Å². The molecule has 0 spiro atoms. The molecule has 0 unspecified atom stereocenters. The molecule has 8 aromatic rings. The number of hydrogen-bond donors (Lipinski definition) is 9. The Balaban J connectivity index is -0.000000155. The van der Waals surface area contributed by atoms with Gasteiger partial charge >= 0.3 is 5.97 Å². The van der Waals surface area contributed by atoms with Crippen molar-refractivity contribution in [2.75, 3.05) is 13.2 Å². The number of phenols is 6. The van der Waals surface area contributed by atoms with Crippen molar-refractivity contribution < 1.29 is 80.0 Å². The molecule has 8 aromatic carbocycles. The van der Waals surface area contributed by atoms with E-state index in [1.54, 1.807) is 140 Å². The SMILES string of the molecule is CC.CC.CC.CC.CC.CC.CC.CC.CCC.CCC(=O)O.CCCOO.CCCOO.O=C(c1ccccc1)c1ccccc1O.O=C(c1ccccc1)c1ccccc1O.O=C(c1ccccc1O)c1ccccc1O.O=C(c1ccccc1O)c1ccccc1O. The Bertz CT molecular complexity index is 2760. The second-order valence-corrected chi connectivity index (χ2v) is 16.3. The van der Waals surface area contributed by atoms with Crippen LogP contribution in [0.15, 0.2) is 206 Å². The molecule has 16 heteroatoms. The topological polar surface area (TPSA) is 286 Å². The van der Waals surface area contributed by atoms with Crippen molar-refractivity contribution in [3.05, 3.63) is 251 Å². The molecule has 8 rings (SSSR count). The predicted molar refractivity (Wildman–Crippen MR) is 398 cm³/mol. The zero-order valence-corrected chi connectivity index (χ0v) is 61.3. The van der Waals surface area contributed by atoms with Crippen molar-refractivity contribution >= 4 is 29.1 Å². The number of aliphatic carboxylic acids is 1. The van der Waals surface area contributed by atoms with Crippen LogP contribution in [0, 0.1) is 0 Å². The third kappa shape index (κ3) is 48.3. The summed E-state index contributed by atoms with van der Waals surface area (Å²) in [6.07, 6.45) is 3.22. The first kappa shape index (κ1) is 103. The third-order valence-electron chi connectivity index (χ3n) is 9.86. The number of ketones is 4. The first-order valence-corrected chi connectivity index (χ1v) is 33.2. The number of carbonyl (C=O) groups excluding carboxylic acids is 4. The van der Waals surface area contributed by atoms with Crippen LogP contribution in [-0.4, -0.2) is 88.6 Å². The van der Waals surface area contributed by atoms with Gasteiger partial charge < -0.3 is 35.7 Å². The second-order valence-electron chi connectivity index (χ2n) is 16.3. The molecular formula is C80H118O16. The highest BCUT2D eigenvalue weighted by Crippen LogP contribution is 2.26. The van der Waals surface area contributed by atoms with Gasteiger partial charge in [0.25, 0.3) is 0 Å². The number of carbonyl (C=O) groups is 5. The fourth-order valence-corrected chi connectivity index (χ4v) is 5.96. The number of carboxylic acids is 1. The Morgan fingerprint density at radius 1 is 0.271 bits per heavy atom.